The minimum absolute atomic E-state index is 0.0559. The molecule has 1 aromatic heterocycles. The highest BCUT2D eigenvalue weighted by atomic mass is 19.4. The standard InChI is InChI=1S/C16H17F3N2/c1-11(2)13-3-4-15(14(9-13)16(17,18)19)21-10-12-5-7-20-8-6-12/h3-9,11,21H,10H2,1-2H3. The van der Waals surface area contributed by atoms with Gasteiger partial charge in [-0.1, -0.05) is 19.9 Å². The van der Waals surface area contributed by atoms with Crippen LogP contribution in [0.2, 0.25) is 0 Å². The van der Waals surface area contributed by atoms with Crippen LogP contribution in [0, 0.1) is 0 Å². The van der Waals surface area contributed by atoms with Crippen molar-refractivity contribution >= 4 is 5.69 Å². The van der Waals surface area contributed by atoms with Gasteiger partial charge in [-0.25, -0.2) is 0 Å². The molecule has 0 atom stereocenters. The summed E-state index contributed by atoms with van der Waals surface area (Å²) in [7, 11) is 0. The lowest BCUT2D eigenvalue weighted by molar-refractivity contribution is -0.137. The number of benzene rings is 1. The third kappa shape index (κ3) is 3.97. The van der Waals surface area contributed by atoms with Crippen LogP contribution in [-0.2, 0) is 12.7 Å². The second kappa shape index (κ2) is 6.16. The van der Waals surface area contributed by atoms with Crippen LogP contribution in [0.5, 0.6) is 0 Å². The van der Waals surface area contributed by atoms with Gasteiger partial charge in [-0.15, -0.1) is 0 Å². The second-order valence-electron chi connectivity index (χ2n) is 5.17. The fourth-order valence-electron chi connectivity index (χ4n) is 2.01. The number of nitrogens with one attached hydrogen (secondary N) is 1. The lowest BCUT2D eigenvalue weighted by Crippen LogP contribution is -2.11. The summed E-state index contributed by atoms with van der Waals surface area (Å²) in [6.45, 7) is 4.08. The zero-order valence-corrected chi connectivity index (χ0v) is 11.9. The van der Waals surface area contributed by atoms with Crippen molar-refractivity contribution in [1.29, 1.82) is 0 Å². The van der Waals surface area contributed by atoms with E-state index < -0.39 is 11.7 Å². The van der Waals surface area contributed by atoms with Gasteiger partial charge in [-0.3, -0.25) is 4.98 Å². The summed E-state index contributed by atoms with van der Waals surface area (Å²) < 4.78 is 39.5. The Bertz CT molecular complexity index is 592. The highest BCUT2D eigenvalue weighted by Gasteiger charge is 2.33. The zero-order valence-electron chi connectivity index (χ0n) is 11.9. The van der Waals surface area contributed by atoms with E-state index in [1.807, 2.05) is 13.8 Å². The molecular weight excluding hydrogens is 277 g/mol. The van der Waals surface area contributed by atoms with Gasteiger partial charge in [0, 0.05) is 24.6 Å². The van der Waals surface area contributed by atoms with Crippen molar-refractivity contribution in [3.63, 3.8) is 0 Å². The molecule has 0 unspecified atom stereocenters. The summed E-state index contributed by atoms with van der Waals surface area (Å²) in [5.41, 5.74) is 1.04. The summed E-state index contributed by atoms with van der Waals surface area (Å²) in [5, 5.41) is 2.85. The molecule has 0 bridgehead atoms. The number of hydrogen-bond acceptors (Lipinski definition) is 2. The van der Waals surface area contributed by atoms with Gasteiger partial charge in [-0.05, 0) is 41.3 Å². The Labute approximate surface area is 122 Å². The van der Waals surface area contributed by atoms with Gasteiger partial charge < -0.3 is 5.32 Å². The van der Waals surface area contributed by atoms with Crippen LogP contribution in [-0.4, -0.2) is 4.98 Å². The number of pyridine rings is 1. The maximum absolute atomic E-state index is 13.2. The number of alkyl halides is 3. The monoisotopic (exact) mass is 294 g/mol. The molecule has 2 nitrogen and oxygen atoms in total. The molecule has 0 saturated carbocycles. The van der Waals surface area contributed by atoms with Crippen molar-refractivity contribution in [1.82, 2.24) is 4.98 Å². The fourth-order valence-corrected chi connectivity index (χ4v) is 2.01. The van der Waals surface area contributed by atoms with E-state index in [4.69, 9.17) is 0 Å². The molecule has 2 aromatic rings. The summed E-state index contributed by atoms with van der Waals surface area (Å²) in [4.78, 5) is 3.88. The Kier molecular flexibility index (Phi) is 4.50. The van der Waals surface area contributed by atoms with E-state index >= 15 is 0 Å². The molecule has 1 heterocycles. The van der Waals surface area contributed by atoms with E-state index in [2.05, 4.69) is 10.3 Å². The Balaban J connectivity index is 2.26. The molecule has 21 heavy (non-hydrogen) atoms. The van der Waals surface area contributed by atoms with Crippen molar-refractivity contribution in [2.45, 2.75) is 32.5 Å². The molecule has 0 fully saturated rings. The number of nitrogens with zero attached hydrogens (tertiary/aromatic N) is 1. The lowest BCUT2D eigenvalue weighted by atomic mass is 9.99. The highest BCUT2D eigenvalue weighted by Crippen LogP contribution is 2.36. The van der Waals surface area contributed by atoms with Crippen molar-refractivity contribution in [3.05, 3.63) is 59.4 Å². The summed E-state index contributed by atoms with van der Waals surface area (Å²) in [6, 6.07) is 7.99. The third-order valence-corrected chi connectivity index (χ3v) is 3.25. The predicted octanol–water partition coefficient (Wildman–Crippen LogP) is 4.84. The van der Waals surface area contributed by atoms with Crippen molar-refractivity contribution < 1.29 is 13.2 Å². The molecule has 0 aliphatic carbocycles. The summed E-state index contributed by atoms with van der Waals surface area (Å²) in [6.07, 6.45) is -1.14. The molecular formula is C16H17F3N2. The number of halogens is 3. The number of anilines is 1. The average Bonchev–Trinajstić information content (AvgIpc) is 2.45. The molecule has 5 heteroatoms. The second-order valence-corrected chi connectivity index (χ2v) is 5.17. The van der Waals surface area contributed by atoms with Crippen LogP contribution < -0.4 is 5.32 Å². The van der Waals surface area contributed by atoms with Gasteiger partial charge in [-0.2, -0.15) is 13.2 Å². The molecule has 112 valence electrons. The highest BCUT2D eigenvalue weighted by molar-refractivity contribution is 5.55. The van der Waals surface area contributed by atoms with Gasteiger partial charge >= 0.3 is 6.18 Å². The number of hydrogen-bond donors (Lipinski definition) is 1. The van der Waals surface area contributed by atoms with E-state index in [9.17, 15) is 13.2 Å². The number of aromatic nitrogens is 1. The van der Waals surface area contributed by atoms with Gasteiger partial charge in [0.05, 0.1) is 5.56 Å². The Morgan fingerprint density at radius 3 is 2.33 bits per heavy atom. The Morgan fingerprint density at radius 2 is 1.76 bits per heavy atom. The maximum atomic E-state index is 13.2. The molecule has 0 aliphatic heterocycles. The van der Waals surface area contributed by atoms with E-state index in [1.54, 1.807) is 30.6 Å². The van der Waals surface area contributed by atoms with E-state index in [0.717, 1.165) is 5.56 Å². The van der Waals surface area contributed by atoms with Gasteiger partial charge in [0.2, 0.25) is 0 Å². The zero-order chi connectivity index (χ0) is 15.5. The third-order valence-electron chi connectivity index (χ3n) is 3.25. The first kappa shape index (κ1) is 15.4. The Morgan fingerprint density at radius 1 is 1.10 bits per heavy atom. The van der Waals surface area contributed by atoms with Gasteiger partial charge in [0.25, 0.3) is 0 Å². The molecule has 0 saturated heterocycles. The lowest BCUT2D eigenvalue weighted by Gasteiger charge is -2.17. The smallest absolute Gasteiger partial charge is 0.380 e. The van der Waals surface area contributed by atoms with Crippen LogP contribution in [0.3, 0.4) is 0 Å². The first-order valence-electron chi connectivity index (χ1n) is 6.72. The maximum Gasteiger partial charge on any atom is 0.418 e. The van der Waals surface area contributed by atoms with Gasteiger partial charge in [0.15, 0.2) is 0 Å². The first-order valence-corrected chi connectivity index (χ1v) is 6.72. The summed E-state index contributed by atoms with van der Waals surface area (Å²) in [5.74, 6) is 0.0559. The van der Waals surface area contributed by atoms with Crippen LogP contribution >= 0.6 is 0 Å². The van der Waals surface area contributed by atoms with Crippen molar-refractivity contribution in [2.75, 3.05) is 5.32 Å². The molecule has 0 radical (unpaired) electrons. The molecule has 0 aliphatic rings. The first-order chi connectivity index (χ1) is 9.88. The minimum Gasteiger partial charge on any atom is -0.380 e. The van der Waals surface area contributed by atoms with Crippen LogP contribution in [0.25, 0.3) is 0 Å². The predicted molar refractivity (Wildman–Crippen MR) is 77.1 cm³/mol. The van der Waals surface area contributed by atoms with E-state index in [0.29, 0.717) is 12.1 Å². The molecule has 0 spiro atoms. The minimum atomic E-state index is -4.37. The van der Waals surface area contributed by atoms with Crippen molar-refractivity contribution in [2.24, 2.45) is 0 Å². The number of rotatable bonds is 4. The normalized spacial score (nSPS) is 11.7. The molecule has 1 aromatic carbocycles. The van der Waals surface area contributed by atoms with Crippen molar-refractivity contribution in [3.8, 4) is 0 Å². The quantitative estimate of drug-likeness (QED) is 0.873. The SMILES string of the molecule is CC(C)c1ccc(NCc2ccncc2)c(C(F)(F)F)c1. The van der Waals surface area contributed by atoms with Crippen LogP contribution in [0.4, 0.5) is 18.9 Å². The topological polar surface area (TPSA) is 24.9 Å². The molecule has 1 N–H and O–H groups in total. The summed E-state index contributed by atoms with van der Waals surface area (Å²) >= 11 is 0. The van der Waals surface area contributed by atoms with E-state index in [1.165, 1.54) is 12.1 Å². The Hall–Kier alpha value is -2.04. The average molecular weight is 294 g/mol. The van der Waals surface area contributed by atoms with E-state index in [-0.39, 0.29) is 11.6 Å². The van der Waals surface area contributed by atoms with Crippen LogP contribution in [0.15, 0.2) is 42.7 Å². The molecule has 0 amide bonds. The largest absolute Gasteiger partial charge is 0.418 e. The van der Waals surface area contributed by atoms with Crippen LogP contribution in [0.1, 0.15) is 36.5 Å². The van der Waals surface area contributed by atoms with Gasteiger partial charge in [0.1, 0.15) is 0 Å². The molecule has 2 rings (SSSR count). The fraction of sp³-hybridized carbons (Fsp3) is 0.312.